The highest BCUT2D eigenvalue weighted by atomic mass is 35.5. The summed E-state index contributed by atoms with van der Waals surface area (Å²) in [5, 5.41) is 3.71. The summed E-state index contributed by atoms with van der Waals surface area (Å²) in [6, 6.07) is 2.84. The summed E-state index contributed by atoms with van der Waals surface area (Å²) in [4.78, 5) is 10.9. The minimum absolute atomic E-state index is 0.323. The molecule has 0 radical (unpaired) electrons. The maximum Gasteiger partial charge on any atom is 0.224 e. The van der Waals surface area contributed by atoms with Crippen LogP contribution in [-0.4, -0.2) is 40.5 Å². The van der Waals surface area contributed by atoms with Gasteiger partial charge >= 0.3 is 0 Å². The number of nitrogens with one attached hydrogen (secondary N) is 1. The molecule has 5 heteroatoms. The third-order valence-electron chi connectivity index (χ3n) is 3.78. The standard InChI is InChI=1S/C13H19ClN4/c1-9-6-12(17-13(14)16-9)15-7-10-4-5-18(8-10)11-2-3-11/h6,10-11H,2-5,7-8H2,1H3,(H,15,16,17). The average Bonchev–Trinajstić information content (AvgIpc) is 3.05. The molecule has 1 aromatic rings. The van der Waals surface area contributed by atoms with Crippen LogP contribution in [0.2, 0.25) is 5.28 Å². The number of anilines is 1. The normalized spacial score (nSPS) is 24.4. The highest BCUT2D eigenvalue weighted by molar-refractivity contribution is 6.28. The molecule has 1 N–H and O–H groups in total. The lowest BCUT2D eigenvalue weighted by atomic mass is 10.1. The van der Waals surface area contributed by atoms with Crippen LogP contribution < -0.4 is 5.32 Å². The van der Waals surface area contributed by atoms with Crippen molar-refractivity contribution in [2.45, 2.75) is 32.2 Å². The van der Waals surface area contributed by atoms with E-state index in [0.717, 1.165) is 30.0 Å². The zero-order valence-electron chi connectivity index (χ0n) is 10.7. The molecule has 0 aromatic carbocycles. The Morgan fingerprint density at radius 2 is 2.22 bits per heavy atom. The van der Waals surface area contributed by atoms with Crippen LogP contribution in [0, 0.1) is 12.8 Å². The lowest BCUT2D eigenvalue weighted by molar-refractivity contribution is 0.316. The quantitative estimate of drug-likeness (QED) is 0.850. The maximum atomic E-state index is 5.85. The summed E-state index contributed by atoms with van der Waals surface area (Å²) in [6.07, 6.45) is 4.10. The minimum atomic E-state index is 0.323. The topological polar surface area (TPSA) is 41.0 Å². The van der Waals surface area contributed by atoms with Crippen LogP contribution in [-0.2, 0) is 0 Å². The van der Waals surface area contributed by atoms with Gasteiger partial charge in [-0.15, -0.1) is 0 Å². The van der Waals surface area contributed by atoms with E-state index in [1.54, 1.807) is 0 Å². The number of hydrogen-bond donors (Lipinski definition) is 1. The van der Waals surface area contributed by atoms with Gasteiger partial charge in [-0.2, -0.15) is 0 Å². The lowest BCUT2D eigenvalue weighted by Gasteiger charge is -2.15. The van der Waals surface area contributed by atoms with Crippen molar-refractivity contribution in [3.05, 3.63) is 17.0 Å². The van der Waals surface area contributed by atoms with Gasteiger partial charge in [-0.3, -0.25) is 0 Å². The van der Waals surface area contributed by atoms with E-state index in [9.17, 15) is 0 Å². The molecule has 1 aliphatic heterocycles. The first-order valence-corrected chi connectivity index (χ1v) is 7.07. The molecule has 2 heterocycles. The Hall–Kier alpha value is -0.870. The monoisotopic (exact) mass is 266 g/mol. The largest absolute Gasteiger partial charge is 0.370 e. The van der Waals surface area contributed by atoms with Gasteiger partial charge in [0.25, 0.3) is 0 Å². The van der Waals surface area contributed by atoms with Gasteiger partial charge in [0.1, 0.15) is 5.82 Å². The van der Waals surface area contributed by atoms with Crippen LogP contribution >= 0.6 is 11.6 Å². The van der Waals surface area contributed by atoms with Crippen molar-refractivity contribution < 1.29 is 0 Å². The van der Waals surface area contributed by atoms with E-state index in [4.69, 9.17) is 11.6 Å². The summed E-state index contributed by atoms with van der Waals surface area (Å²) in [5.74, 6) is 1.58. The first-order chi connectivity index (χ1) is 8.70. The Morgan fingerprint density at radius 1 is 1.39 bits per heavy atom. The highest BCUT2D eigenvalue weighted by Crippen LogP contribution is 2.31. The highest BCUT2D eigenvalue weighted by Gasteiger charge is 2.34. The fraction of sp³-hybridized carbons (Fsp3) is 0.692. The van der Waals surface area contributed by atoms with Crippen LogP contribution in [0.25, 0.3) is 0 Å². The minimum Gasteiger partial charge on any atom is -0.370 e. The Balaban J connectivity index is 1.51. The molecule has 2 aliphatic rings. The SMILES string of the molecule is Cc1cc(NCC2CCN(C3CC3)C2)nc(Cl)n1. The fourth-order valence-electron chi connectivity index (χ4n) is 2.67. The Kier molecular flexibility index (Phi) is 3.39. The van der Waals surface area contributed by atoms with Gasteiger partial charge < -0.3 is 10.2 Å². The van der Waals surface area contributed by atoms with E-state index in [1.165, 1.54) is 32.4 Å². The van der Waals surface area contributed by atoms with Crippen LogP contribution in [0.4, 0.5) is 5.82 Å². The Labute approximate surface area is 113 Å². The van der Waals surface area contributed by atoms with Crippen LogP contribution in [0.15, 0.2) is 6.07 Å². The zero-order chi connectivity index (χ0) is 12.5. The molecule has 1 atom stereocenters. The lowest BCUT2D eigenvalue weighted by Crippen LogP contribution is -2.25. The first kappa shape index (κ1) is 12.2. The summed E-state index contributed by atoms with van der Waals surface area (Å²) >= 11 is 5.85. The Morgan fingerprint density at radius 3 is 2.94 bits per heavy atom. The van der Waals surface area contributed by atoms with E-state index in [-0.39, 0.29) is 0 Å². The molecule has 0 spiro atoms. The number of nitrogens with zero attached hydrogens (tertiary/aromatic N) is 3. The summed E-state index contributed by atoms with van der Waals surface area (Å²) in [6.45, 7) is 5.41. The second-order valence-electron chi connectivity index (χ2n) is 5.43. The van der Waals surface area contributed by atoms with Crippen molar-refractivity contribution in [1.82, 2.24) is 14.9 Å². The molecule has 1 aliphatic carbocycles. The molecule has 0 bridgehead atoms. The van der Waals surface area contributed by atoms with Gasteiger partial charge in [-0.05, 0) is 50.2 Å². The predicted octanol–water partition coefficient (Wildman–Crippen LogP) is 2.33. The van der Waals surface area contributed by atoms with Crippen molar-refractivity contribution >= 4 is 17.4 Å². The third-order valence-corrected chi connectivity index (χ3v) is 3.95. The molecule has 1 unspecified atom stereocenters. The molecule has 4 nitrogen and oxygen atoms in total. The van der Waals surface area contributed by atoms with Crippen molar-refractivity contribution in [2.75, 3.05) is 25.0 Å². The number of hydrogen-bond acceptors (Lipinski definition) is 4. The van der Waals surface area contributed by atoms with Gasteiger partial charge in [0, 0.05) is 30.9 Å². The van der Waals surface area contributed by atoms with Crippen molar-refractivity contribution in [1.29, 1.82) is 0 Å². The van der Waals surface area contributed by atoms with Crippen molar-refractivity contribution in [3.63, 3.8) is 0 Å². The van der Waals surface area contributed by atoms with E-state index in [2.05, 4.69) is 20.2 Å². The number of halogens is 1. The molecule has 3 rings (SSSR count). The fourth-order valence-corrected chi connectivity index (χ4v) is 2.90. The zero-order valence-corrected chi connectivity index (χ0v) is 11.5. The van der Waals surface area contributed by atoms with E-state index >= 15 is 0 Å². The molecular weight excluding hydrogens is 248 g/mol. The average molecular weight is 267 g/mol. The van der Waals surface area contributed by atoms with Gasteiger partial charge in [-0.1, -0.05) is 0 Å². The van der Waals surface area contributed by atoms with Gasteiger partial charge in [0.2, 0.25) is 5.28 Å². The van der Waals surface area contributed by atoms with Gasteiger partial charge in [0.15, 0.2) is 0 Å². The molecule has 1 saturated heterocycles. The number of rotatable bonds is 4. The molecular formula is C13H19ClN4. The maximum absolute atomic E-state index is 5.85. The molecule has 2 fully saturated rings. The predicted molar refractivity (Wildman–Crippen MR) is 73.0 cm³/mol. The van der Waals surface area contributed by atoms with Crippen LogP contribution in [0.1, 0.15) is 25.0 Å². The van der Waals surface area contributed by atoms with Gasteiger partial charge in [0.05, 0.1) is 0 Å². The second-order valence-corrected chi connectivity index (χ2v) is 5.76. The number of aryl methyl sites for hydroxylation is 1. The second kappa shape index (κ2) is 5.02. The van der Waals surface area contributed by atoms with Crippen molar-refractivity contribution in [2.24, 2.45) is 5.92 Å². The van der Waals surface area contributed by atoms with Gasteiger partial charge in [-0.25, -0.2) is 9.97 Å². The summed E-state index contributed by atoms with van der Waals surface area (Å²) in [7, 11) is 0. The van der Waals surface area contributed by atoms with Crippen LogP contribution in [0.3, 0.4) is 0 Å². The number of aromatic nitrogens is 2. The van der Waals surface area contributed by atoms with E-state index < -0.39 is 0 Å². The van der Waals surface area contributed by atoms with Crippen LogP contribution in [0.5, 0.6) is 0 Å². The molecule has 18 heavy (non-hydrogen) atoms. The smallest absolute Gasteiger partial charge is 0.224 e. The van der Waals surface area contributed by atoms with E-state index in [1.807, 2.05) is 13.0 Å². The summed E-state index contributed by atoms with van der Waals surface area (Å²) in [5.41, 5.74) is 0.906. The molecule has 98 valence electrons. The van der Waals surface area contributed by atoms with Crippen molar-refractivity contribution in [3.8, 4) is 0 Å². The molecule has 0 amide bonds. The molecule has 1 aromatic heterocycles. The first-order valence-electron chi connectivity index (χ1n) is 6.70. The molecule has 1 saturated carbocycles. The Bertz CT molecular complexity index is 413. The third kappa shape index (κ3) is 2.93. The number of likely N-dealkylation sites (tertiary alicyclic amines) is 1. The summed E-state index contributed by atoms with van der Waals surface area (Å²) < 4.78 is 0. The van der Waals surface area contributed by atoms with E-state index in [0.29, 0.717) is 5.28 Å².